The number of nitrogens with one attached hydrogen (secondary N) is 1. The van der Waals surface area contributed by atoms with Crippen LogP contribution in [0.5, 0.6) is 0 Å². The first-order chi connectivity index (χ1) is 7.63. The number of halogens is 2. The van der Waals surface area contributed by atoms with Gasteiger partial charge < -0.3 is 10.2 Å². The van der Waals surface area contributed by atoms with Gasteiger partial charge in [0.1, 0.15) is 12.0 Å². The minimum atomic E-state index is -0.781. The second kappa shape index (κ2) is 4.93. The van der Waals surface area contributed by atoms with Crippen molar-refractivity contribution in [3.8, 4) is 0 Å². The van der Waals surface area contributed by atoms with Crippen LogP contribution in [0.4, 0.5) is 10.2 Å². The topological polar surface area (TPSA) is 41.0 Å². The number of anilines is 1. The summed E-state index contributed by atoms with van der Waals surface area (Å²) in [5.41, 5.74) is 0. The van der Waals surface area contributed by atoms with E-state index in [0.29, 0.717) is 23.9 Å². The molecule has 0 aliphatic carbocycles. The molecule has 1 aromatic rings. The molecule has 16 heavy (non-hydrogen) atoms. The van der Waals surface area contributed by atoms with Crippen molar-refractivity contribution in [2.24, 2.45) is 0 Å². The average molecular weight is 245 g/mol. The van der Waals surface area contributed by atoms with Crippen molar-refractivity contribution in [3.05, 3.63) is 17.3 Å². The molecule has 88 valence electrons. The van der Waals surface area contributed by atoms with Gasteiger partial charge in [0, 0.05) is 25.6 Å². The number of likely N-dealkylation sites (tertiary alicyclic amines) is 1. The van der Waals surface area contributed by atoms with Crippen LogP contribution in [-0.2, 0) is 0 Å². The van der Waals surface area contributed by atoms with Crippen LogP contribution >= 0.6 is 11.6 Å². The highest BCUT2D eigenvalue weighted by Crippen LogP contribution is 2.16. The molecule has 0 radical (unpaired) electrons. The third kappa shape index (κ3) is 3.02. The summed E-state index contributed by atoms with van der Waals surface area (Å²) in [6.45, 7) is 1.31. The lowest BCUT2D eigenvalue weighted by atomic mass is 10.0. The minimum Gasteiger partial charge on any atom is -0.364 e. The van der Waals surface area contributed by atoms with Gasteiger partial charge in [0.2, 0.25) is 0 Å². The molecule has 1 saturated heterocycles. The Bertz CT molecular complexity index is 335. The van der Waals surface area contributed by atoms with Crippen LogP contribution in [0.2, 0.25) is 5.15 Å². The fourth-order valence-corrected chi connectivity index (χ4v) is 2.05. The molecular weight excluding hydrogens is 231 g/mol. The van der Waals surface area contributed by atoms with Crippen LogP contribution < -0.4 is 5.32 Å². The van der Waals surface area contributed by atoms with Crippen molar-refractivity contribution < 1.29 is 4.39 Å². The molecule has 0 saturated carbocycles. The lowest BCUT2D eigenvalue weighted by molar-refractivity contribution is 0.153. The first-order valence-corrected chi connectivity index (χ1v) is 5.59. The van der Waals surface area contributed by atoms with Crippen molar-refractivity contribution in [2.45, 2.75) is 18.6 Å². The van der Waals surface area contributed by atoms with Gasteiger partial charge in [0.15, 0.2) is 5.15 Å². The molecule has 6 heteroatoms. The molecule has 0 aromatic carbocycles. The molecule has 0 unspecified atom stereocenters. The van der Waals surface area contributed by atoms with Crippen LogP contribution in [0.25, 0.3) is 0 Å². The van der Waals surface area contributed by atoms with Gasteiger partial charge in [-0.3, -0.25) is 0 Å². The second-order valence-electron chi connectivity index (χ2n) is 4.14. The fourth-order valence-electron chi connectivity index (χ4n) is 1.95. The summed E-state index contributed by atoms with van der Waals surface area (Å²) in [5.74, 6) is 0.636. The average Bonchev–Trinajstić information content (AvgIpc) is 2.20. The quantitative estimate of drug-likeness (QED) is 0.858. The second-order valence-corrected chi connectivity index (χ2v) is 4.52. The number of hydrogen-bond donors (Lipinski definition) is 1. The van der Waals surface area contributed by atoms with Crippen LogP contribution in [0, 0.1) is 0 Å². The van der Waals surface area contributed by atoms with E-state index in [1.807, 2.05) is 11.9 Å². The van der Waals surface area contributed by atoms with Gasteiger partial charge in [-0.2, -0.15) is 0 Å². The molecular formula is C10H14ClFN4. The lowest BCUT2D eigenvalue weighted by Crippen LogP contribution is -2.45. The molecule has 0 amide bonds. The van der Waals surface area contributed by atoms with Crippen molar-refractivity contribution in [2.75, 3.05) is 25.5 Å². The van der Waals surface area contributed by atoms with Crippen LogP contribution in [-0.4, -0.2) is 47.4 Å². The zero-order valence-electron chi connectivity index (χ0n) is 9.03. The van der Waals surface area contributed by atoms with E-state index < -0.39 is 6.17 Å². The van der Waals surface area contributed by atoms with Crippen molar-refractivity contribution in [1.82, 2.24) is 15.1 Å². The maximum absolute atomic E-state index is 13.3. The van der Waals surface area contributed by atoms with E-state index >= 15 is 0 Å². The Morgan fingerprint density at radius 2 is 2.25 bits per heavy atom. The zero-order chi connectivity index (χ0) is 11.5. The normalized spacial score (nSPS) is 26.7. The van der Waals surface area contributed by atoms with Crippen molar-refractivity contribution in [3.63, 3.8) is 0 Å². The molecule has 4 nitrogen and oxygen atoms in total. The van der Waals surface area contributed by atoms with E-state index in [2.05, 4.69) is 15.5 Å². The van der Waals surface area contributed by atoms with E-state index in [4.69, 9.17) is 11.6 Å². The van der Waals surface area contributed by atoms with Gasteiger partial charge in [-0.1, -0.05) is 11.6 Å². The monoisotopic (exact) mass is 244 g/mol. The van der Waals surface area contributed by atoms with Gasteiger partial charge in [-0.25, -0.2) is 4.39 Å². The van der Waals surface area contributed by atoms with Crippen LogP contribution in [0.15, 0.2) is 12.1 Å². The van der Waals surface area contributed by atoms with E-state index in [9.17, 15) is 4.39 Å². The minimum absolute atomic E-state index is 0.0734. The molecule has 2 heterocycles. The Hall–Kier alpha value is -0.940. The lowest BCUT2D eigenvalue weighted by Gasteiger charge is -2.32. The summed E-state index contributed by atoms with van der Waals surface area (Å²) < 4.78 is 13.3. The molecule has 1 fully saturated rings. The first kappa shape index (κ1) is 11.5. The largest absolute Gasteiger partial charge is 0.364 e. The smallest absolute Gasteiger partial charge is 0.151 e. The number of hydrogen-bond acceptors (Lipinski definition) is 4. The van der Waals surface area contributed by atoms with Crippen LogP contribution in [0.1, 0.15) is 6.42 Å². The SMILES string of the molecule is CN1C[C@H](F)C[C@H](Nc2ccc(Cl)nn2)C1. The summed E-state index contributed by atoms with van der Waals surface area (Å²) >= 11 is 5.63. The highest BCUT2D eigenvalue weighted by Gasteiger charge is 2.24. The summed E-state index contributed by atoms with van der Waals surface area (Å²) in [5, 5.41) is 11.1. The van der Waals surface area contributed by atoms with Crippen molar-refractivity contribution >= 4 is 17.4 Å². The van der Waals surface area contributed by atoms with Gasteiger partial charge in [0.25, 0.3) is 0 Å². The summed E-state index contributed by atoms with van der Waals surface area (Å²) in [4.78, 5) is 1.97. The maximum Gasteiger partial charge on any atom is 0.151 e. The van der Waals surface area contributed by atoms with Gasteiger partial charge in [-0.15, -0.1) is 10.2 Å². The Balaban J connectivity index is 1.96. The Labute approximate surface area is 98.8 Å². The van der Waals surface area contributed by atoms with E-state index in [1.165, 1.54) is 0 Å². The third-order valence-electron chi connectivity index (χ3n) is 2.57. The Kier molecular flexibility index (Phi) is 3.56. The molecule has 0 bridgehead atoms. The van der Waals surface area contributed by atoms with Gasteiger partial charge in [-0.05, 0) is 19.2 Å². The summed E-state index contributed by atoms with van der Waals surface area (Å²) in [6.07, 6.45) is -0.272. The number of aromatic nitrogens is 2. The van der Waals surface area contributed by atoms with Gasteiger partial charge >= 0.3 is 0 Å². The highest BCUT2D eigenvalue weighted by atomic mass is 35.5. The third-order valence-corrected chi connectivity index (χ3v) is 2.77. The summed E-state index contributed by atoms with van der Waals surface area (Å²) in [7, 11) is 1.91. The molecule has 1 aliphatic heterocycles. The number of rotatable bonds is 2. The predicted octanol–water partition coefficient (Wildman–Crippen LogP) is 1.58. The predicted molar refractivity (Wildman–Crippen MR) is 61.5 cm³/mol. The van der Waals surface area contributed by atoms with Gasteiger partial charge in [0.05, 0.1) is 0 Å². The Morgan fingerprint density at radius 3 is 2.88 bits per heavy atom. The molecule has 1 aliphatic rings. The zero-order valence-corrected chi connectivity index (χ0v) is 9.78. The van der Waals surface area contributed by atoms with E-state index in [-0.39, 0.29) is 6.04 Å². The van der Waals surface area contributed by atoms with E-state index in [0.717, 1.165) is 6.54 Å². The number of piperidine rings is 1. The van der Waals surface area contributed by atoms with Crippen LogP contribution in [0.3, 0.4) is 0 Å². The molecule has 2 atom stereocenters. The standard InChI is InChI=1S/C10H14ClFN4/c1-16-5-7(12)4-8(6-16)13-10-3-2-9(11)14-15-10/h2-3,7-8H,4-6H2,1H3,(H,13,15)/t7-,8+/m1/s1. The van der Waals surface area contributed by atoms with Crippen molar-refractivity contribution in [1.29, 1.82) is 0 Å². The molecule has 1 N–H and O–H groups in total. The first-order valence-electron chi connectivity index (χ1n) is 5.22. The molecule has 2 rings (SSSR count). The number of nitrogens with zero attached hydrogens (tertiary/aromatic N) is 3. The molecule has 1 aromatic heterocycles. The summed E-state index contributed by atoms with van der Waals surface area (Å²) in [6, 6.07) is 3.48. The number of alkyl halides is 1. The highest BCUT2D eigenvalue weighted by molar-refractivity contribution is 6.29. The molecule has 0 spiro atoms. The fraction of sp³-hybridized carbons (Fsp3) is 0.600. The van der Waals surface area contributed by atoms with E-state index in [1.54, 1.807) is 12.1 Å². The maximum atomic E-state index is 13.3. The Morgan fingerprint density at radius 1 is 1.44 bits per heavy atom. The number of likely N-dealkylation sites (N-methyl/N-ethyl adjacent to an activating group) is 1.